The Balaban J connectivity index is 1.74. The standard InChI is InChI=1S/C28H29FO4/c29-21-10-8-19(9-11-21)24-18-26(20-6-2-1-3-7-20)28(14-4-5-15-28)25(24)13-12-22(30)16-23(31)17-27(32)33/h1-3,6-13,18,22-23,30-31H,4-5,14-17H2,(H,32,33)/b13-12+. The Labute approximate surface area is 193 Å². The Bertz CT molecular complexity index is 1080. The van der Waals surface area contributed by atoms with Crippen molar-refractivity contribution in [3.63, 3.8) is 0 Å². The van der Waals surface area contributed by atoms with Gasteiger partial charge in [-0.3, -0.25) is 4.79 Å². The Morgan fingerprint density at radius 1 is 1.00 bits per heavy atom. The number of hydrogen-bond acceptors (Lipinski definition) is 3. The summed E-state index contributed by atoms with van der Waals surface area (Å²) in [6.07, 6.45) is 7.38. The molecule has 1 fully saturated rings. The summed E-state index contributed by atoms with van der Waals surface area (Å²) in [7, 11) is 0. The summed E-state index contributed by atoms with van der Waals surface area (Å²) < 4.78 is 13.6. The number of carbonyl (C=O) groups is 1. The maximum atomic E-state index is 13.6. The van der Waals surface area contributed by atoms with Crippen molar-refractivity contribution in [1.29, 1.82) is 0 Å². The predicted molar refractivity (Wildman–Crippen MR) is 127 cm³/mol. The second-order valence-electron chi connectivity index (χ2n) is 8.96. The summed E-state index contributed by atoms with van der Waals surface area (Å²) in [6, 6.07) is 16.7. The van der Waals surface area contributed by atoms with Gasteiger partial charge in [-0.2, -0.15) is 0 Å². The lowest BCUT2D eigenvalue weighted by Crippen LogP contribution is -2.20. The number of halogens is 1. The lowest BCUT2D eigenvalue weighted by Gasteiger charge is -2.31. The van der Waals surface area contributed by atoms with Crippen LogP contribution in [0.15, 0.2) is 78.4 Å². The van der Waals surface area contributed by atoms with Crippen LogP contribution in [-0.2, 0) is 4.79 Å². The number of rotatable bonds is 8. The molecule has 3 N–H and O–H groups in total. The molecule has 2 aliphatic rings. The molecular formula is C28H29FO4. The van der Waals surface area contributed by atoms with Crippen molar-refractivity contribution in [3.8, 4) is 0 Å². The van der Waals surface area contributed by atoms with E-state index in [0.29, 0.717) is 0 Å². The Hall–Kier alpha value is -3.02. The van der Waals surface area contributed by atoms with E-state index in [1.54, 1.807) is 18.2 Å². The molecule has 2 atom stereocenters. The molecule has 33 heavy (non-hydrogen) atoms. The van der Waals surface area contributed by atoms with Gasteiger partial charge in [0.05, 0.1) is 18.6 Å². The van der Waals surface area contributed by atoms with Crippen LogP contribution in [-0.4, -0.2) is 33.5 Å². The molecule has 0 amide bonds. The van der Waals surface area contributed by atoms with E-state index < -0.39 is 24.6 Å². The highest BCUT2D eigenvalue weighted by molar-refractivity contribution is 5.96. The molecule has 0 aromatic heterocycles. The fraction of sp³-hybridized carbons (Fsp3) is 0.321. The van der Waals surface area contributed by atoms with Crippen molar-refractivity contribution in [2.24, 2.45) is 5.41 Å². The summed E-state index contributed by atoms with van der Waals surface area (Å²) >= 11 is 0. The van der Waals surface area contributed by atoms with E-state index >= 15 is 0 Å². The average molecular weight is 449 g/mol. The average Bonchev–Trinajstić information content (AvgIpc) is 3.39. The van der Waals surface area contributed by atoms with E-state index in [1.807, 2.05) is 24.3 Å². The van der Waals surface area contributed by atoms with Gasteiger partial charge in [0.25, 0.3) is 0 Å². The number of carboxylic acids is 1. The quantitative estimate of drug-likeness (QED) is 0.507. The molecule has 1 spiro atoms. The third-order valence-corrected chi connectivity index (χ3v) is 6.72. The first-order valence-corrected chi connectivity index (χ1v) is 11.4. The number of benzene rings is 2. The maximum Gasteiger partial charge on any atom is 0.305 e. The molecule has 1 saturated carbocycles. The lowest BCUT2D eigenvalue weighted by molar-refractivity contribution is -0.139. The molecule has 0 heterocycles. The molecule has 2 aromatic carbocycles. The Morgan fingerprint density at radius 3 is 2.30 bits per heavy atom. The minimum absolute atomic E-state index is 0.0477. The minimum Gasteiger partial charge on any atom is -0.481 e. The maximum absolute atomic E-state index is 13.6. The summed E-state index contributed by atoms with van der Waals surface area (Å²) in [5, 5.41) is 29.2. The van der Waals surface area contributed by atoms with Gasteiger partial charge in [0.1, 0.15) is 5.82 Å². The molecular weight excluding hydrogens is 419 g/mol. The summed E-state index contributed by atoms with van der Waals surface area (Å²) in [5.41, 5.74) is 5.19. The zero-order chi connectivity index (χ0) is 23.4. The van der Waals surface area contributed by atoms with Crippen molar-refractivity contribution in [3.05, 3.63) is 95.3 Å². The van der Waals surface area contributed by atoms with Gasteiger partial charge in [0.15, 0.2) is 0 Å². The molecule has 0 aliphatic heterocycles. The molecule has 0 bridgehead atoms. The molecule has 0 saturated heterocycles. The lowest BCUT2D eigenvalue weighted by atomic mass is 9.72. The molecule has 2 aliphatic carbocycles. The van der Waals surface area contributed by atoms with E-state index in [0.717, 1.165) is 48.0 Å². The number of hydrogen-bond donors (Lipinski definition) is 3. The van der Waals surface area contributed by atoms with Crippen molar-refractivity contribution >= 4 is 17.1 Å². The second-order valence-corrected chi connectivity index (χ2v) is 8.96. The molecule has 2 aromatic rings. The van der Waals surface area contributed by atoms with Crippen molar-refractivity contribution in [2.75, 3.05) is 0 Å². The summed E-state index contributed by atoms with van der Waals surface area (Å²) in [6.45, 7) is 0. The van der Waals surface area contributed by atoms with E-state index in [-0.39, 0.29) is 17.7 Å². The smallest absolute Gasteiger partial charge is 0.305 e. The second kappa shape index (κ2) is 9.86. The SMILES string of the molecule is O=C(O)CC(O)CC(O)/C=C/C1=C(c2ccc(F)cc2)C=C(c2ccccc2)C12CCCC2. The molecule has 5 heteroatoms. The summed E-state index contributed by atoms with van der Waals surface area (Å²) in [5.74, 6) is -1.39. The number of aliphatic hydroxyl groups excluding tert-OH is 2. The highest BCUT2D eigenvalue weighted by Gasteiger charge is 2.45. The van der Waals surface area contributed by atoms with Gasteiger partial charge in [-0.05, 0) is 58.9 Å². The Morgan fingerprint density at radius 2 is 1.67 bits per heavy atom. The number of allylic oxidation sites excluding steroid dienone is 5. The highest BCUT2D eigenvalue weighted by Crippen LogP contribution is 2.59. The van der Waals surface area contributed by atoms with Gasteiger partial charge in [0, 0.05) is 11.8 Å². The number of aliphatic carboxylic acids is 1. The van der Waals surface area contributed by atoms with Gasteiger partial charge in [-0.25, -0.2) is 4.39 Å². The molecule has 172 valence electrons. The number of carboxylic acid groups (broad SMARTS) is 1. The summed E-state index contributed by atoms with van der Waals surface area (Å²) in [4.78, 5) is 10.8. The van der Waals surface area contributed by atoms with Gasteiger partial charge in [-0.1, -0.05) is 67.5 Å². The molecule has 2 unspecified atom stereocenters. The number of aliphatic hydroxyl groups is 2. The molecule has 4 nitrogen and oxygen atoms in total. The van der Waals surface area contributed by atoms with Gasteiger partial charge in [0.2, 0.25) is 0 Å². The van der Waals surface area contributed by atoms with Crippen LogP contribution in [0.1, 0.15) is 49.7 Å². The van der Waals surface area contributed by atoms with Crippen molar-refractivity contribution < 1.29 is 24.5 Å². The topological polar surface area (TPSA) is 77.8 Å². The Kier molecular flexibility index (Phi) is 6.91. The zero-order valence-corrected chi connectivity index (χ0v) is 18.5. The predicted octanol–water partition coefficient (Wildman–Crippen LogP) is 5.38. The minimum atomic E-state index is -1.12. The van der Waals surface area contributed by atoms with E-state index in [4.69, 9.17) is 5.11 Å². The van der Waals surface area contributed by atoms with Crippen LogP contribution >= 0.6 is 0 Å². The van der Waals surface area contributed by atoms with Crippen molar-refractivity contribution in [2.45, 2.75) is 50.7 Å². The third kappa shape index (κ3) is 5.00. The molecule has 4 rings (SSSR count). The van der Waals surface area contributed by atoms with Crippen LogP contribution in [0.3, 0.4) is 0 Å². The third-order valence-electron chi connectivity index (χ3n) is 6.72. The first kappa shape index (κ1) is 23.1. The van der Waals surface area contributed by atoms with E-state index in [1.165, 1.54) is 17.7 Å². The fourth-order valence-electron chi connectivity index (χ4n) is 5.22. The van der Waals surface area contributed by atoms with Crippen molar-refractivity contribution in [1.82, 2.24) is 0 Å². The van der Waals surface area contributed by atoms with Crippen LogP contribution < -0.4 is 0 Å². The van der Waals surface area contributed by atoms with Gasteiger partial charge in [-0.15, -0.1) is 0 Å². The van der Waals surface area contributed by atoms with Crippen LogP contribution in [0.2, 0.25) is 0 Å². The largest absolute Gasteiger partial charge is 0.481 e. The van der Waals surface area contributed by atoms with Gasteiger partial charge >= 0.3 is 5.97 Å². The highest BCUT2D eigenvalue weighted by atomic mass is 19.1. The molecule has 0 radical (unpaired) electrons. The van der Waals surface area contributed by atoms with Crippen LogP contribution in [0.4, 0.5) is 4.39 Å². The fourth-order valence-corrected chi connectivity index (χ4v) is 5.22. The van der Waals surface area contributed by atoms with Crippen LogP contribution in [0, 0.1) is 11.2 Å². The van der Waals surface area contributed by atoms with Crippen LogP contribution in [0.5, 0.6) is 0 Å². The monoisotopic (exact) mass is 448 g/mol. The first-order valence-electron chi connectivity index (χ1n) is 11.4. The zero-order valence-electron chi connectivity index (χ0n) is 18.5. The normalized spacial score (nSPS) is 19.3. The van der Waals surface area contributed by atoms with E-state index in [9.17, 15) is 19.4 Å². The van der Waals surface area contributed by atoms with Crippen LogP contribution in [0.25, 0.3) is 11.1 Å². The van der Waals surface area contributed by atoms with Gasteiger partial charge < -0.3 is 15.3 Å². The first-order chi connectivity index (χ1) is 15.9. The van der Waals surface area contributed by atoms with E-state index in [2.05, 4.69) is 18.2 Å².